The fourth-order valence-corrected chi connectivity index (χ4v) is 4.81. The second-order valence-corrected chi connectivity index (χ2v) is 8.06. The average Bonchev–Trinajstić information content (AvgIpc) is 3.11. The van der Waals surface area contributed by atoms with Gasteiger partial charge in [0.2, 0.25) is 0 Å². The van der Waals surface area contributed by atoms with Crippen LogP contribution in [0.2, 0.25) is 0 Å². The van der Waals surface area contributed by atoms with E-state index in [1.54, 1.807) is 0 Å². The molecule has 0 bridgehead atoms. The molecule has 0 saturated heterocycles. The first kappa shape index (κ1) is 14.5. The summed E-state index contributed by atoms with van der Waals surface area (Å²) in [5.74, 6) is 1.14. The zero-order chi connectivity index (χ0) is 16.1. The first-order chi connectivity index (χ1) is 11.8. The molecule has 0 aromatic heterocycles. The summed E-state index contributed by atoms with van der Waals surface area (Å²) in [6.07, 6.45) is 5.93. The number of allylic oxidation sites excluding steroid dienone is 2. The Bertz CT molecular complexity index is 959. The summed E-state index contributed by atoms with van der Waals surface area (Å²) >= 11 is 2.41. The predicted octanol–water partition coefficient (Wildman–Crippen LogP) is 6.27. The molecule has 1 heterocycles. The highest BCUT2D eigenvalue weighted by Gasteiger charge is 2.37. The molecule has 2 aliphatic rings. The maximum absolute atomic E-state index is 3.83. The monoisotopic (exact) mass is 423 g/mol. The molecular weight excluding hydrogens is 405 g/mol. The van der Waals surface area contributed by atoms with Crippen LogP contribution in [0.5, 0.6) is 0 Å². The van der Waals surface area contributed by atoms with Gasteiger partial charge >= 0.3 is 0 Å². The molecule has 0 radical (unpaired) electrons. The van der Waals surface area contributed by atoms with Crippen LogP contribution in [0.1, 0.15) is 29.5 Å². The van der Waals surface area contributed by atoms with Gasteiger partial charge in [-0.15, -0.1) is 0 Å². The molecular formula is C22H18IN. The summed E-state index contributed by atoms with van der Waals surface area (Å²) in [6, 6.07) is 22.7. The fraction of sp³-hybridized carbons (Fsp3) is 0.182. The molecule has 5 rings (SSSR count). The van der Waals surface area contributed by atoms with E-state index in [4.69, 9.17) is 0 Å². The van der Waals surface area contributed by atoms with E-state index in [9.17, 15) is 0 Å². The third-order valence-corrected chi connectivity index (χ3v) is 6.13. The van der Waals surface area contributed by atoms with Gasteiger partial charge in [-0.25, -0.2) is 0 Å². The Morgan fingerprint density at radius 1 is 0.917 bits per heavy atom. The van der Waals surface area contributed by atoms with Crippen molar-refractivity contribution in [3.05, 3.63) is 87.5 Å². The number of nitrogens with one attached hydrogen (secondary N) is 1. The van der Waals surface area contributed by atoms with Crippen LogP contribution in [0, 0.1) is 9.49 Å². The number of rotatable bonds is 1. The highest BCUT2D eigenvalue weighted by Crippen LogP contribution is 2.50. The Balaban J connectivity index is 1.61. The van der Waals surface area contributed by atoms with Crippen LogP contribution in [0.4, 0.5) is 5.69 Å². The summed E-state index contributed by atoms with van der Waals surface area (Å²) in [7, 11) is 0. The van der Waals surface area contributed by atoms with E-state index >= 15 is 0 Å². The predicted molar refractivity (Wildman–Crippen MR) is 109 cm³/mol. The minimum absolute atomic E-state index is 0.377. The van der Waals surface area contributed by atoms with Gasteiger partial charge in [0.25, 0.3) is 0 Å². The minimum Gasteiger partial charge on any atom is -0.378 e. The molecule has 0 amide bonds. The van der Waals surface area contributed by atoms with E-state index in [2.05, 4.69) is 101 Å². The maximum atomic E-state index is 3.83. The van der Waals surface area contributed by atoms with Gasteiger partial charge in [-0.1, -0.05) is 48.6 Å². The number of hydrogen-bond acceptors (Lipinski definition) is 1. The highest BCUT2D eigenvalue weighted by molar-refractivity contribution is 14.1. The lowest BCUT2D eigenvalue weighted by Crippen LogP contribution is -2.29. The van der Waals surface area contributed by atoms with Crippen molar-refractivity contribution in [3.8, 4) is 0 Å². The van der Waals surface area contributed by atoms with Crippen molar-refractivity contribution in [1.29, 1.82) is 0 Å². The Kier molecular flexibility index (Phi) is 3.40. The topological polar surface area (TPSA) is 12.0 Å². The molecule has 3 aromatic rings. The van der Waals surface area contributed by atoms with Gasteiger partial charge in [0.15, 0.2) is 0 Å². The maximum Gasteiger partial charge on any atom is 0.0554 e. The van der Waals surface area contributed by atoms with Crippen molar-refractivity contribution in [1.82, 2.24) is 0 Å². The smallest absolute Gasteiger partial charge is 0.0554 e. The number of halogens is 1. The fourth-order valence-electron chi connectivity index (χ4n) is 4.30. The van der Waals surface area contributed by atoms with E-state index in [-0.39, 0.29) is 0 Å². The van der Waals surface area contributed by atoms with Gasteiger partial charge < -0.3 is 5.32 Å². The van der Waals surface area contributed by atoms with Crippen LogP contribution in [-0.2, 0) is 0 Å². The zero-order valence-corrected chi connectivity index (χ0v) is 15.4. The molecule has 3 aromatic carbocycles. The molecule has 0 spiro atoms. The lowest BCUT2D eigenvalue weighted by atomic mass is 9.77. The largest absolute Gasteiger partial charge is 0.378 e. The van der Waals surface area contributed by atoms with E-state index < -0.39 is 0 Å². The quantitative estimate of drug-likeness (QED) is 0.359. The first-order valence-electron chi connectivity index (χ1n) is 8.51. The average molecular weight is 423 g/mol. The van der Waals surface area contributed by atoms with Gasteiger partial charge in [-0.05, 0) is 81.1 Å². The van der Waals surface area contributed by atoms with E-state index in [1.165, 1.54) is 31.2 Å². The van der Waals surface area contributed by atoms with Crippen LogP contribution >= 0.6 is 22.6 Å². The number of anilines is 1. The van der Waals surface area contributed by atoms with Gasteiger partial charge in [-0.3, -0.25) is 0 Å². The first-order valence-corrected chi connectivity index (χ1v) is 9.59. The molecule has 1 aliphatic heterocycles. The molecule has 3 unspecified atom stereocenters. The Morgan fingerprint density at radius 3 is 2.71 bits per heavy atom. The Hall–Kier alpha value is -1.81. The van der Waals surface area contributed by atoms with Crippen molar-refractivity contribution in [2.45, 2.75) is 18.4 Å². The summed E-state index contributed by atoms with van der Waals surface area (Å²) in [5.41, 5.74) is 4.15. The summed E-state index contributed by atoms with van der Waals surface area (Å²) in [5, 5.41) is 6.47. The normalized spacial score (nSPS) is 24.5. The molecule has 3 atom stereocenters. The number of benzene rings is 3. The van der Waals surface area contributed by atoms with Crippen LogP contribution in [-0.4, -0.2) is 0 Å². The van der Waals surface area contributed by atoms with Crippen LogP contribution in [0.15, 0.2) is 72.8 Å². The zero-order valence-electron chi connectivity index (χ0n) is 13.2. The number of fused-ring (bicyclic) bond motifs is 4. The van der Waals surface area contributed by atoms with Gasteiger partial charge in [0.1, 0.15) is 0 Å². The standard InChI is InChI=1S/C22H18IN/c23-17-10-11-21-20(13-17)18-6-3-7-19(18)22(24-21)16-9-8-14-4-1-2-5-15(14)12-16/h1-6,8-13,18-19,22,24H,7H2. The van der Waals surface area contributed by atoms with Gasteiger partial charge in [-0.2, -0.15) is 0 Å². The van der Waals surface area contributed by atoms with Crippen LogP contribution < -0.4 is 5.32 Å². The SMILES string of the molecule is Ic1ccc2c(c1)C1C=CCC1C(c1ccc3ccccc3c1)N2. The molecule has 0 saturated carbocycles. The summed E-state index contributed by atoms with van der Waals surface area (Å²) in [4.78, 5) is 0. The number of hydrogen-bond donors (Lipinski definition) is 1. The molecule has 1 aliphatic carbocycles. The second kappa shape index (κ2) is 5.62. The van der Waals surface area contributed by atoms with Gasteiger partial charge in [0.05, 0.1) is 6.04 Å². The lowest BCUT2D eigenvalue weighted by molar-refractivity contribution is 0.425. The molecule has 1 nitrogen and oxygen atoms in total. The highest BCUT2D eigenvalue weighted by atomic mass is 127. The Labute approximate surface area is 155 Å². The Morgan fingerprint density at radius 2 is 1.79 bits per heavy atom. The van der Waals surface area contributed by atoms with Crippen molar-refractivity contribution >= 4 is 39.1 Å². The summed E-state index contributed by atoms with van der Waals surface area (Å²) < 4.78 is 1.32. The minimum atomic E-state index is 0.377. The molecule has 118 valence electrons. The van der Waals surface area contributed by atoms with E-state index in [0.29, 0.717) is 17.9 Å². The van der Waals surface area contributed by atoms with E-state index in [1.807, 2.05) is 0 Å². The lowest BCUT2D eigenvalue weighted by Gasteiger charge is -2.37. The van der Waals surface area contributed by atoms with Crippen LogP contribution in [0.3, 0.4) is 0 Å². The molecule has 0 fully saturated rings. The molecule has 24 heavy (non-hydrogen) atoms. The third-order valence-electron chi connectivity index (χ3n) is 5.46. The van der Waals surface area contributed by atoms with Crippen molar-refractivity contribution < 1.29 is 0 Å². The van der Waals surface area contributed by atoms with Crippen molar-refractivity contribution in [2.24, 2.45) is 5.92 Å². The second-order valence-electron chi connectivity index (χ2n) is 6.81. The summed E-state index contributed by atoms with van der Waals surface area (Å²) in [6.45, 7) is 0. The van der Waals surface area contributed by atoms with E-state index in [0.717, 1.165) is 6.42 Å². The third kappa shape index (κ3) is 2.27. The van der Waals surface area contributed by atoms with Crippen molar-refractivity contribution in [3.63, 3.8) is 0 Å². The molecule has 1 N–H and O–H groups in total. The van der Waals surface area contributed by atoms with Crippen LogP contribution in [0.25, 0.3) is 10.8 Å². The molecule has 2 heteroatoms. The van der Waals surface area contributed by atoms with Crippen molar-refractivity contribution in [2.75, 3.05) is 5.32 Å². The van der Waals surface area contributed by atoms with Gasteiger partial charge in [0, 0.05) is 15.2 Å².